The van der Waals surface area contributed by atoms with Crippen molar-refractivity contribution in [2.75, 3.05) is 5.32 Å². The Kier molecular flexibility index (Phi) is 4.69. The zero-order valence-electron chi connectivity index (χ0n) is 16.6. The molecule has 0 aromatic heterocycles. The van der Waals surface area contributed by atoms with E-state index in [9.17, 15) is 9.59 Å². The molecule has 2 aromatic rings. The maximum absolute atomic E-state index is 12.3. The van der Waals surface area contributed by atoms with E-state index in [2.05, 4.69) is 10.6 Å². The van der Waals surface area contributed by atoms with Crippen LogP contribution in [0.2, 0.25) is 0 Å². The molecule has 6 nitrogen and oxygen atoms in total. The Balaban J connectivity index is 1.18. The number of anilines is 1. The molecule has 2 amide bonds. The van der Waals surface area contributed by atoms with E-state index in [1.807, 2.05) is 24.3 Å². The zero-order valence-corrected chi connectivity index (χ0v) is 16.6. The standard InChI is InChI=1S/C24H24N2O4/c27-22(12-5-16-3-6-17(7-4-16)23(28)26-18-8-9-18)25-19-10-11-20-21(15-19)30-24(29-20)13-1-2-14-24/h3-7,10-12,15,18H,1-2,8-9,13-14H2,(H,25,27)(H,26,28)/b12-5+. The third kappa shape index (κ3) is 4.03. The second-order valence-electron chi connectivity index (χ2n) is 8.18. The lowest BCUT2D eigenvalue weighted by Gasteiger charge is -2.21. The molecule has 0 unspecified atom stereocenters. The van der Waals surface area contributed by atoms with Gasteiger partial charge in [0.25, 0.3) is 11.7 Å². The van der Waals surface area contributed by atoms with Gasteiger partial charge in [0.2, 0.25) is 5.91 Å². The van der Waals surface area contributed by atoms with Crippen LogP contribution in [0, 0.1) is 0 Å². The van der Waals surface area contributed by atoms with Gasteiger partial charge in [-0.2, -0.15) is 0 Å². The lowest BCUT2D eigenvalue weighted by Crippen LogP contribution is -2.34. The first-order chi connectivity index (χ1) is 14.6. The van der Waals surface area contributed by atoms with E-state index >= 15 is 0 Å². The van der Waals surface area contributed by atoms with Crippen molar-refractivity contribution in [3.8, 4) is 11.5 Å². The van der Waals surface area contributed by atoms with Crippen molar-refractivity contribution in [1.29, 1.82) is 0 Å². The molecule has 2 N–H and O–H groups in total. The summed E-state index contributed by atoms with van der Waals surface area (Å²) >= 11 is 0. The minimum absolute atomic E-state index is 0.0482. The predicted molar refractivity (Wildman–Crippen MR) is 113 cm³/mol. The topological polar surface area (TPSA) is 76.7 Å². The van der Waals surface area contributed by atoms with Gasteiger partial charge in [-0.25, -0.2) is 0 Å². The average Bonchev–Trinajstić information content (AvgIpc) is 3.32. The van der Waals surface area contributed by atoms with Gasteiger partial charge in [-0.05, 0) is 61.6 Å². The highest BCUT2D eigenvalue weighted by molar-refractivity contribution is 6.02. The monoisotopic (exact) mass is 404 g/mol. The molecule has 0 atom stereocenters. The molecule has 2 aliphatic carbocycles. The van der Waals surface area contributed by atoms with Crippen LogP contribution in [0.25, 0.3) is 6.08 Å². The number of benzene rings is 2. The Morgan fingerprint density at radius 2 is 1.70 bits per heavy atom. The number of rotatable bonds is 5. The number of carbonyl (C=O) groups excluding carboxylic acids is 2. The van der Waals surface area contributed by atoms with E-state index in [1.165, 1.54) is 6.08 Å². The van der Waals surface area contributed by atoms with Gasteiger partial charge in [0.05, 0.1) is 0 Å². The summed E-state index contributed by atoms with van der Waals surface area (Å²) in [5.41, 5.74) is 2.14. The van der Waals surface area contributed by atoms with Crippen molar-refractivity contribution in [3.63, 3.8) is 0 Å². The fourth-order valence-electron chi connectivity index (χ4n) is 3.89. The summed E-state index contributed by atoms with van der Waals surface area (Å²) in [6, 6.07) is 13.0. The maximum atomic E-state index is 12.3. The van der Waals surface area contributed by atoms with Crippen LogP contribution in [-0.2, 0) is 4.79 Å². The van der Waals surface area contributed by atoms with Gasteiger partial charge in [-0.15, -0.1) is 0 Å². The number of hydrogen-bond acceptors (Lipinski definition) is 4. The Morgan fingerprint density at radius 3 is 2.43 bits per heavy atom. The molecule has 2 saturated carbocycles. The summed E-state index contributed by atoms with van der Waals surface area (Å²) in [5.74, 6) is 0.620. The second-order valence-corrected chi connectivity index (χ2v) is 8.18. The van der Waals surface area contributed by atoms with Crippen molar-refractivity contribution in [3.05, 3.63) is 59.7 Å². The fraction of sp³-hybridized carbons (Fsp3) is 0.333. The highest BCUT2D eigenvalue weighted by Gasteiger charge is 2.44. The smallest absolute Gasteiger partial charge is 0.251 e. The van der Waals surface area contributed by atoms with Gasteiger partial charge in [-0.3, -0.25) is 9.59 Å². The molecular formula is C24H24N2O4. The molecule has 1 heterocycles. The minimum atomic E-state index is -0.507. The highest BCUT2D eigenvalue weighted by Crippen LogP contribution is 2.47. The van der Waals surface area contributed by atoms with E-state index in [0.717, 1.165) is 49.8 Å². The zero-order chi connectivity index (χ0) is 20.6. The predicted octanol–water partition coefficient (Wildman–Crippen LogP) is 4.27. The molecule has 30 heavy (non-hydrogen) atoms. The molecular weight excluding hydrogens is 380 g/mol. The second kappa shape index (κ2) is 7.52. The van der Waals surface area contributed by atoms with Crippen molar-refractivity contribution < 1.29 is 19.1 Å². The Bertz CT molecular complexity index is 1000. The van der Waals surface area contributed by atoms with Gasteiger partial charge >= 0.3 is 0 Å². The van der Waals surface area contributed by atoms with E-state index < -0.39 is 5.79 Å². The number of amides is 2. The van der Waals surface area contributed by atoms with Crippen molar-refractivity contribution in [2.45, 2.75) is 50.4 Å². The SMILES string of the molecule is O=C(/C=C/c1ccc(C(=O)NC2CC2)cc1)Nc1ccc2c(c1)OC1(CCCC1)O2. The molecule has 1 aliphatic heterocycles. The van der Waals surface area contributed by atoms with E-state index in [-0.39, 0.29) is 11.8 Å². The van der Waals surface area contributed by atoms with Crippen LogP contribution in [0.15, 0.2) is 48.5 Å². The van der Waals surface area contributed by atoms with Crippen LogP contribution in [0.3, 0.4) is 0 Å². The lowest BCUT2D eigenvalue weighted by atomic mass is 10.1. The summed E-state index contributed by atoms with van der Waals surface area (Å²) in [6.45, 7) is 0. The molecule has 3 aliphatic rings. The Labute approximate surface area is 175 Å². The third-order valence-electron chi connectivity index (χ3n) is 5.68. The molecule has 2 aromatic carbocycles. The lowest BCUT2D eigenvalue weighted by molar-refractivity contribution is -0.111. The van der Waals surface area contributed by atoms with Gasteiger partial charge in [0.15, 0.2) is 11.5 Å². The minimum Gasteiger partial charge on any atom is -0.448 e. The number of ether oxygens (including phenoxy) is 2. The first kappa shape index (κ1) is 18.7. The summed E-state index contributed by atoms with van der Waals surface area (Å²) < 4.78 is 12.0. The van der Waals surface area contributed by atoms with Crippen LogP contribution in [0.4, 0.5) is 5.69 Å². The van der Waals surface area contributed by atoms with Crippen molar-refractivity contribution in [1.82, 2.24) is 5.32 Å². The molecule has 1 spiro atoms. The molecule has 2 fully saturated rings. The third-order valence-corrected chi connectivity index (χ3v) is 5.68. The van der Waals surface area contributed by atoms with Crippen LogP contribution < -0.4 is 20.1 Å². The van der Waals surface area contributed by atoms with Crippen LogP contribution in [-0.4, -0.2) is 23.6 Å². The van der Waals surface area contributed by atoms with E-state index in [1.54, 1.807) is 24.3 Å². The van der Waals surface area contributed by atoms with Gasteiger partial charge < -0.3 is 20.1 Å². The quantitative estimate of drug-likeness (QED) is 0.730. The van der Waals surface area contributed by atoms with Crippen LogP contribution in [0.1, 0.15) is 54.4 Å². The summed E-state index contributed by atoms with van der Waals surface area (Å²) in [5, 5.41) is 5.81. The van der Waals surface area contributed by atoms with Gasteiger partial charge in [0, 0.05) is 42.3 Å². The Hall–Kier alpha value is -3.28. The number of hydrogen-bond donors (Lipinski definition) is 2. The number of fused-ring (bicyclic) bond motifs is 1. The van der Waals surface area contributed by atoms with Gasteiger partial charge in [0.1, 0.15) is 0 Å². The van der Waals surface area contributed by atoms with Crippen molar-refractivity contribution >= 4 is 23.6 Å². The number of carbonyl (C=O) groups is 2. The largest absolute Gasteiger partial charge is 0.448 e. The highest BCUT2D eigenvalue weighted by atomic mass is 16.7. The Morgan fingerprint density at radius 1 is 0.967 bits per heavy atom. The molecule has 154 valence electrons. The first-order valence-electron chi connectivity index (χ1n) is 10.5. The summed E-state index contributed by atoms with van der Waals surface area (Å²) in [7, 11) is 0. The maximum Gasteiger partial charge on any atom is 0.251 e. The van der Waals surface area contributed by atoms with Gasteiger partial charge in [-0.1, -0.05) is 12.1 Å². The van der Waals surface area contributed by atoms with Crippen LogP contribution >= 0.6 is 0 Å². The number of nitrogens with one attached hydrogen (secondary N) is 2. The summed E-state index contributed by atoms with van der Waals surface area (Å²) in [4.78, 5) is 24.3. The molecule has 0 saturated heterocycles. The molecule has 0 bridgehead atoms. The van der Waals surface area contributed by atoms with E-state index in [4.69, 9.17) is 9.47 Å². The van der Waals surface area contributed by atoms with E-state index in [0.29, 0.717) is 23.0 Å². The molecule has 0 radical (unpaired) electrons. The molecule has 6 heteroatoms. The normalized spacial score (nSPS) is 18.7. The first-order valence-corrected chi connectivity index (χ1v) is 10.5. The summed E-state index contributed by atoms with van der Waals surface area (Å²) in [6.07, 6.45) is 9.32. The van der Waals surface area contributed by atoms with Crippen LogP contribution in [0.5, 0.6) is 11.5 Å². The van der Waals surface area contributed by atoms with Crippen molar-refractivity contribution in [2.24, 2.45) is 0 Å². The fourth-order valence-corrected chi connectivity index (χ4v) is 3.89. The average molecular weight is 404 g/mol. The molecule has 5 rings (SSSR count).